The highest BCUT2D eigenvalue weighted by Crippen LogP contribution is 2.29. The Morgan fingerprint density at radius 2 is 1.88 bits per heavy atom. The number of nitrogens with two attached hydrogens (primary N) is 1. The van der Waals surface area contributed by atoms with Crippen molar-refractivity contribution in [2.75, 3.05) is 0 Å². The number of benzene rings is 1. The van der Waals surface area contributed by atoms with Crippen LogP contribution in [0.4, 0.5) is 8.78 Å². The minimum atomic E-state index is -0.625. The number of rotatable bonds is 4. The number of hydrogen-bond donors (Lipinski definition) is 1. The Balaban J connectivity index is 0.00000225. The van der Waals surface area contributed by atoms with Crippen molar-refractivity contribution in [3.05, 3.63) is 34.4 Å². The first-order valence-corrected chi connectivity index (χ1v) is 5.34. The minimum absolute atomic E-state index is 0. The summed E-state index contributed by atoms with van der Waals surface area (Å²) in [6.07, 6.45) is 2.44. The summed E-state index contributed by atoms with van der Waals surface area (Å²) in [7, 11) is 0. The van der Waals surface area contributed by atoms with E-state index in [9.17, 15) is 8.78 Å². The van der Waals surface area contributed by atoms with Gasteiger partial charge in [0.2, 0.25) is 0 Å². The second-order valence-electron chi connectivity index (χ2n) is 3.51. The van der Waals surface area contributed by atoms with E-state index >= 15 is 0 Å². The predicted molar refractivity (Wildman–Crippen MR) is 65.1 cm³/mol. The van der Waals surface area contributed by atoms with Crippen molar-refractivity contribution in [3.63, 3.8) is 0 Å². The molecule has 0 heterocycles. The summed E-state index contributed by atoms with van der Waals surface area (Å²) >= 11 is 5.68. The smallest absolute Gasteiger partial charge is 0.142 e. The van der Waals surface area contributed by atoms with Gasteiger partial charge in [0.15, 0.2) is 0 Å². The molecule has 1 rings (SSSR count). The van der Waals surface area contributed by atoms with Crippen LogP contribution in [0.15, 0.2) is 12.1 Å². The molecule has 92 valence electrons. The zero-order valence-electron chi connectivity index (χ0n) is 8.97. The van der Waals surface area contributed by atoms with E-state index in [4.69, 9.17) is 17.3 Å². The molecular formula is C11H15Cl2F2N. The van der Waals surface area contributed by atoms with E-state index in [2.05, 4.69) is 0 Å². The van der Waals surface area contributed by atoms with Gasteiger partial charge < -0.3 is 5.73 Å². The summed E-state index contributed by atoms with van der Waals surface area (Å²) < 4.78 is 26.5. The molecule has 1 atom stereocenters. The highest BCUT2D eigenvalue weighted by molar-refractivity contribution is 6.31. The Hall–Kier alpha value is -0.380. The third-order valence-corrected chi connectivity index (χ3v) is 2.70. The van der Waals surface area contributed by atoms with Gasteiger partial charge in [0.05, 0.1) is 5.02 Å². The van der Waals surface area contributed by atoms with E-state index in [0.29, 0.717) is 6.42 Å². The van der Waals surface area contributed by atoms with Crippen LogP contribution in [0, 0.1) is 11.6 Å². The third kappa shape index (κ3) is 3.58. The lowest BCUT2D eigenvalue weighted by atomic mass is 10.0. The van der Waals surface area contributed by atoms with Crippen molar-refractivity contribution in [3.8, 4) is 0 Å². The predicted octanol–water partition coefficient (Wildman–Crippen LogP) is 4.23. The Bertz CT molecular complexity index is 345. The molecule has 1 aromatic carbocycles. The van der Waals surface area contributed by atoms with Crippen LogP contribution in [0.3, 0.4) is 0 Å². The van der Waals surface area contributed by atoms with Gasteiger partial charge >= 0.3 is 0 Å². The van der Waals surface area contributed by atoms with Crippen molar-refractivity contribution in [2.24, 2.45) is 5.73 Å². The Morgan fingerprint density at radius 1 is 1.31 bits per heavy atom. The van der Waals surface area contributed by atoms with Gasteiger partial charge in [0.25, 0.3) is 0 Å². The molecule has 5 heteroatoms. The maximum atomic E-state index is 13.4. The van der Waals surface area contributed by atoms with Crippen LogP contribution in [0.1, 0.15) is 37.8 Å². The van der Waals surface area contributed by atoms with Crippen LogP contribution in [-0.4, -0.2) is 0 Å². The normalized spacial score (nSPS) is 12.1. The van der Waals surface area contributed by atoms with E-state index in [1.807, 2.05) is 6.92 Å². The van der Waals surface area contributed by atoms with E-state index < -0.39 is 17.7 Å². The Morgan fingerprint density at radius 3 is 2.44 bits per heavy atom. The SMILES string of the molecule is CCCC[C@H](N)c1c(F)ccc(F)c1Cl.Cl. The molecule has 16 heavy (non-hydrogen) atoms. The van der Waals surface area contributed by atoms with Crippen molar-refractivity contribution < 1.29 is 8.78 Å². The molecule has 0 aromatic heterocycles. The molecule has 0 spiro atoms. The Labute approximate surface area is 105 Å². The fourth-order valence-corrected chi connectivity index (χ4v) is 1.74. The highest BCUT2D eigenvalue weighted by Gasteiger charge is 2.17. The maximum absolute atomic E-state index is 13.4. The average molecular weight is 270 g/mol. The summed E-state index contributed by atoms with van der Waals surface area (Å²) in [4.78, 5) is 0. The van der Waals surface area contributed by atoms with Gasteiger partial charge in [-0.15, -0.1) is 12.4 Å². The molecule has 0 aliphatic rings. The molecule has 0 bridgehead atoms. The molecule has 0 saturated carbocycles. The average Bonchev–Trinajstić information content (AvgIpc) is 2.21. The first-order valence-electron chi connectivity index (χ1n) is 4.96. The quantitative estimate of drug-likeness (QED) is 0.814. The molecule has 0 unspecified atom stereocenters. The van der Waals surface area contributed by atoms with Crippen LogP contribution < -0.4 is 5.73 Å². The molecule has 0 fully saturated rings. The largest absolute Gasteiger partial charge is 0.324 e. The van der Waals surface area contributed by atoms with Gasteiger partial charge in [-0.1, -0.05) is 31.4 Å². The van der Waals surface area contributed by atoms with E-state index in [1.54, 1.807) is 0 Å². The second kappa shape index (κ2) is 7.05. The van der Waals surface area contributed by atoms with Gasteiger partial charge in [0, 0.05) is 11.6 Å². The molecular weight excluding hydrogens is 255 g/mol. The van der Waals surface area contributed by atoms with Gasteiger partial charge in [-0.3, -0.25) is 0 Å². The molecule has 1 aromatic rings. The van der Waals surface area contributed by atoms with Crippen molar-refractivity contribution in [2.45, 2.75) is 32.2 Å². The zero-order chi connectivity index (χ0) is 11.4. The first kappa shape index (κ1) is 15.6. The fraction of sp³-hybridized carbons (Fsp3) is 0.455. The van der Waals surface area contributed by atoms with Crippen LogP contribution in [0.2, 0.25) is 5.02 Å². The van der Waals surface area contributed by atoms with Gasteiger partial charge in [0.1, 0.15) is 11.6 Å². The molecule has 2 N–H and O–H groups in total. The molecule has 0 amide bonds. The lowest BCUT2D eigenvalue weighted by molar-refractivity contribution is 0.536. The molecule has 0 saturated heterocycles. The fourth-order valence-electron chi connectivity index (χ4n) is 1.45. The number of unbranched alkanes of at least 4 members (excludes halogenated alkanes) is 1. The van der Waals surface area contributed by atoms with E-state index in [-0.39, 0.29) is 23.0 Å². The van der Waals surface area contributed by atoms with Gasteiger partial charge in [-0.05, 0) is 18.6 Å². The number of halogens is 4. The number of hydrogen-bond acceptors (Lipinski definition) is 1. The highest BCUT2D eigenvalue weighted by atomic mass is 35.5. The molecule has 0 radical (unpaired) electrons. The monoisotopic (exact) mass is 269 g/mol. The van der Waals surface area contributed by atoms with Crippen LogP contribution in [0.5, 0.6) is 0 Å². The van der Waals surface area contributed by atoms with Crippen LogP contribution >= 0.6 is 24.0 Å². The third-order valence-electron chi connectivity index (χ3n) is 2.32. The van der Waals surface area contributed by atoms with E-state index in [1.165, 1.54) is 0 Å². The van der Waals surface area contributed by atoms with Gasteiger partial charge in [-0.25, -0.2) is 8.78 Å². The van der Waals surface area contributed by atoms with Crippen molar-refractivity contribution in [1.29, 1.82) is 0 Å². The lowest BCUT2D eigenvalue weighted by Crippen LogP contribution is -2.13. The molecule has 0 aliphatic carbocycles. The topological polar surface area (TPSA) is 26.0 Å². The Kier molecular flexibility index (Phi) is 6.88. The second-order valence-corrected chi connectivity index (χ2v) is 3.88. The van der Waals surface area contributed by atoms with Crippen molar-refractivity contribution in [1.82, 2.24) is 0 Å². The minimum Gasteiger partial charge on any atom is -0.324 e. The van der Waals surface area contributed by atoms with Gasteiger partial charge in [-0.2, -0.15) is 0 Å². The molecule has 0 aliphatic heterocycles. The maximum Gasteiger partial charge on any atom is 0.142 e. The summed E-state index contributed by atoms with van der Waals surface area (Å²) in [5.74, 6) is -1.16. The summed E-state index contributed by atoms with van der Waals surface area (Å²) in [5, 5.41) is -0.196. The summed E-state index contributed by atoms with van der Waals surface area (Å²) in [6, 6.07) is 1.53. The zero-order valence-corrected chi connectivity index (χ0v) is 10.5. The van der Waals surface area contributed by atoms with E-state index in [0.717, 1.165) is 25.0 Å². The first-order chi connectivity index (χ1) is 7.07. The van der Waals surface area contributed by atoms with Crippen LogP contribution in [0.25, 0.3) is 0 Å². The standard InChI is InChI=1S/C11H14ClF2N.ClH/c1-2-3-4-9(15)10-7(13)5-6-8(14)11(10)12;/h5-6,9H,2-4,15H2,1H3;1H/t9-;/m0./s1. The lowest BCUT2D eigenvalue weighted by Gasteiger charge is -2.14. The molecule has 1 nitrogen and oxygen atoms in total. The summed E-state index contributed by atoms with van der Waals surface area (Å²) in [6.45, 7) is 2.01. The summed E-state index contributed by atoms with van der Waals surface area (Å²) in [5.41, 5.74) is 5.85. The van der Waals surface area contributed by atoms with Crippen molar-refractivity contribution >= 4 is 24.0 Å². The van der Waals surface area contributed by atoms with Crippen LogP contribution in [-0.2, 0) is 0 Å².